The van der Waals surface area contributed by atoms with Crippen LogP contribution >= 0.6 is 0 Å². The molecule has 29 heavy (non-hydrogen) atoms. The van der Waals surface area contributed by atoms with Crippen LogP contribution in [0.15, 0.2) is 82.0 Å². The summed E-state index contributed by atoms with van der Waals surface area (Å²) in [5, 5.41) is 21.2. The zero-order valence-corrected chi connectivity index (χ0v) is 15.0. The Labute approximate surface area is 164 Å². The maximum Gasteiger partial charge on any atom is 0.362 e. The number of rotatable bonds is 4. The highest BCUT2D eigenvalue weighted by molar-refractivity contribution is 5.80. The fourth-order valence-electron chi connectivity index (χ4n) is 2.89. The van der Waals surface area contributed by atoms with Crippen molar-refractivity contribution in [2.75, 3.05) is 0 Å². The fraction of sp³-hybridized carbons (Fsp3) is 0. The van der Waals surface area contributed by atoms with Crippen molar-refractivity contribution in [3.05, 3.63) is 105 Å². The van der Waals surface area contributed by atoms with Crippen LogP contribution in [0.3, 0.4) is 0 Å². The molecule has 1 aromatic heterocycles. The monoisotopic (exact) mass is 386 g/mol. The lowest BCUT2D eigenvalue weighted by Gasteiger charge is -2.04. The number of fused-ring (bicyclic) bond motifs is 1. The van der Waals surface area contributed by atoms with E-state index in [4.69, 9.17) is 4.42 Å². The highest BCUT2D eigenvalue weighted by Crippen LogP contribution is 2.23. The molecule has 0 aliphatic rings. The summed E-state index contributed by atoms with van der Waals surface area (Å²) in [5.74, 6) is -0.148. The van der Waals surface area contributed by atoms with Crippen molar-refractivity contribution in [3.8, 4) is 11.1 Å². The molecule has 1 heterocycles. The van der Waals surface area contributed by atoms with Crippen LogP contribution in [0, 0.1) is 10.1 Å². The summed E-state index contributed by atoms with van der Waals surface area (Å²) in [5.41, 5.74) is 1.73. The standard InChI is InChI=1S/C22H14N2O5/c25-20(16-8-6-15(7-9-16)14-4-2-1-3-5-14)13-19-22(26)29-21-12-17(24(27)28)10-11-18(21)23-19/h1-13,25H. The molecule has 4 aromatic rings. The van der Waals surface area contributed by atoms with E-state index in [-0.39, 0.29) is 28.2 Å². The first kappa shape index (κ1) is 18.1. The number of hydrogen-bond acceptors (Lipinski definition) is 6. The summed E-state index contributed by atoms with van der Waals surface area (Å²) in [6.45, 7) is 0. The maximum atomic E-state index is 12.2. The number of hydrogen-bond donors (Lipinski definition) is 1. The molecule has 142 valence electrons. The van der Waals surface area contributed by atoms with Crippen LogP contribution in [-0.4, -0.2) is 15.0 Å². The smallest absolute Gasteiger partial charge is 0.362 e. The second kappa shape index (κ2) is 7.40. The van der Waals surface area contributed by atoms with Crippen LogP contribution in [0.2, 0.25) is 0 Å². The molecule has 0 aliphatic heterocycles. The summed E-state index contributed by atoms with van der Waals surface area (Å²) < 4.78 is 5.12. The molecule has 0 fully saturated rings. The molecular formula is C22H14N2O5. The molecule has 0 unspecified atom stereocenters. The molecule has 7 nitrogen and oxygen atoms in total. The number of aliphatic hydroxyl groups excluding tert-OH is 1. The molecule has 3 aromatic carbocycles. The molecule has 7 heteroatoms. The van der Waals surface area contributed by atoms with Gasteiger partial charge in [0.05, 0.1) is 11.0 Å². The van der Waals surface area contributed by atoms with Gasteiger partial charge in [0.15, 0.2) is 11.3 Å². The Morgan fingerprint density at radius 1 is 1.00 bits per heavy atom. The number of aromatic nitrogens is 1. The number of benzene rings is 3. The average Bonchev–Trinajstić information content (AvgIpc) is 2.74. The van der Waals surface area contributed by atoms with Crippen molar-refractivity contribution in [2.45, 2.75) is 0 Å². The number of nitrogens with zero attached hydrogens (tertiary/aromatic N) is 2. The SMILES string of the molecule is O=c1oc2cc([N+](=O)[O-])ccc2nc1C=C(O)c1ccc(-c2ccccc2)cc1. The topological polar surface area (TPSA) is 106 Å². The van der Waals surface area contributed by atoms with Crippen LogP contribution in [-0.2, 0) is 0 Å². The molecule has 0 saturated heterocycles. The Balaban J connectivity index is 1.67. The van der Waals surface area contributed by atoms with Crippen molar-refractivity contribution in [2.24, 2.45) is 0 Å². The lowest BCUT2D eigenvalue weighted by Crippen LogP contribution is -2.06. The van der Waals surface area contributed by atoms with Crippen LogP contribution in [0.1, 0.15) is 11.3 Å². The van der Waals surface area contributed by atoms with Gasteiger partial charge in [-0.3, -0.25) is 10.1 Å². The quantitative estimate of drug-likeness (QED) is 0.306. The highest BCUT2D eigenvalue weighted by atomic mass is 16.6. The van der Waals surface area contributed by atoms with E-state index in [1.165, 1.54) is 18.2 Å². The molecule has 0 radical (unpaired) electrons. The van der Waals surface area contributed by atoms with E-state index >= 15 is 0 Å². The zero-order valence-electron chi connectivity index (χ0n) is 15.0. The predicted molar refractivity (Wildman–Crippen MR) is 109 cm³/mol. The third-order valence-electron chi connectivity index (χ3n) is 4.37. The van der Waals surface area contributed by atoms with E-state index < -0.39 is 10.5 Å². The van der Waals surface area contributed by atoms with E-state index in [0.29, 0.717) is 5.56 Å². The van der Waals surface area contributed by atoms with Crippen LogP contribution in [0.25, 0.3) is 34.1 Å². The predicted octanol–water partition coefficient (Wildman–Crippen LogP) is 4.82. The highest BCUT2D eigenvalue weighted by Gasteiger charge is 2.12. The van der Waals surface area contributed by atoms with Crippen molar-refractivity contribution >= 4 is 28.6 Å². The Morgan fingerprint density at radius 3 is 2.38 bits per heavy atom. The minimum atomic E-state index is -0.801. The molecule has 4 rings (SSSR count). The third-order valence-corrected chi connectivity index (χ3v) is 4.37. The second-order valence-electron chi connectivity index (χ2n) is 6.27. The molecule has 0 atom stereocenters. The van der Waals surface area contributed by atoms with Gasteiger partial charge in [-0.2, -0.15) is 0 Å². The van der Waals surface area contributed by atoms with Gasteiger partial charge >= 0.3 is 5.63 Å². The average molecular weight is 386 g/mol. The number of nitro benzene ring substituents is 1. The van der Waals surface area contributed by atoms with E-state index in [1.54, 1.807) is 12.1 Å². The zero-order chi connectivity index (χ0) is 20.4. The third kappa shape index (κ3) is 3.74. The molecule has 1 N–H and O–H groups in total. The van der Waals surface area contributed by atoms with Gasteiger partial charge in [-0.25, -0.2) is 9.78 Å². The lowest BCUT2D eigenvalue weighted by atomic mass is 10.0. The summed E-state index contributed by atoms with van der Waals surface area (Å²) in [6.07, 6.45) is 1.21. The Morgan fingerprint density at radius 2 is 1.69 bits per heavy atom. The van der Waals surface area contributed by atoms with E-state index in [0.717, 1.165) is 17.2 Å². The van der Waals surface area contributed by atoms with Gasteiger partial charge in [0, 0.05) is 17.7 Å². The van der Waals surface area contributed by atoms with E-state index in [2.05, 4.69) is 4.98 Å². The van der Waals surface area contributed by atoms with Crippen molar-refractivity contribution in [1.29, 1.82) is 0 Å². The van der Waals surface area contributed by atoms with Gasteiger partial charge in [-0.05, 0) is 17.2 Å². The minimum Gasteiger partial charge on any atom is -0.507 e. The second-order valence-corrected chi connectivity index (χ2v) is 6.27. The molecule has 0 aliphatic carbocycles. The first-order valence-corrected chi connectivity index (χ1v) is 8.67. The van der Waals surface area contributed by atoms with Gasteiger partial charge in [0.25, 0.3) is 5.69 Å². The summed E-state index contributed by atoms with van der Waals surface area (Å²) >= 11 is 0. The maximum absolute atomic E-state index is 12.2. The van der Waals surface area contributed by atoms with Crippen LogP contribution < -0.4 is 5.63 Å². The van der Waals surface area contributed by atoms with Crippen molar-refractivity contribution in [3.63, 3.8) is 0 Å². The van der Waals surface area contributed by atoms with Gasteiger partial charge < -0.3 is 9.52 Å². The normalized spacial score (nSPS) is 11.5. The van der Waals surface area contributed by atoms with Crippen LogP contribution in [0.5, 0.6) is 0 Å². The van der Waals surface area contributed by atoms with Crippen molar-refractivity contribution < 1.29 is 14.4 Å². The Kier molecular flexibility index (Phi) is 4.62. The largest absolute Gasteiger partial charge is 0.507 e. The Hall–Kier alpha value is -4.26. The first-order valence-electron chi connectivity index (χ1n) is 8.67. The summed E-state index contributed by atoms with van der Waals surface area (Å²) in [4.78, 5) is 26.6. The van der Waals surface area contributed by atoms with Gasteiger partial charge in [0.1, 0.15) is 11.3 Å². The molecule has 0 saturated carbocycles. The van der Waals surface area contributed by atoms with Gasteiger partial charge in [0.2, 0.25) is 0 Å². The summed E-state index contributed by atoms with van der Waals surface area (Å²) in [7, 11) is 0. The molecule has 0 bridgehead atoms. The molecule has 0 amide bonds. The minimum absolute atomic E-state index is 0.00746. The number of nitro groups is 1. The Bertz CT molecular complexity index is 1290. The number of non-ortho nitro benzene ring substituents is 1. The molecule has 0 spiro atoms. The van der Waals surface area contributed by atoms with Crippen LogP contribution in [0.4, 0.5) is 5.69 Å². The van der Waals surface area contributed by atoms with E-state index in [9.17, 15) is 20.0 Å². The van der Waals surface area contributed by atoms with Gasteiger partial charge in [-0.1, -0.05) is 54.6 Å². The van der Waals surface area contributed by atoms with Crippen molar-refractivity contribution in [1.82, 2.24) is 4.98 Å². The fourth-order valence-corrected chi connectivity index (χ4v) is 2.89. The lowest BCUT2D eigenvalue weighted by molar-refractivity contribution is -0.384. The van der Waals surface area contributed by atoms with Gasteiger partial charge in [-0.15, -0.1) is 0 Å². The molecular weight excluding hydrogens is 372 g/mol. The first-order chi connectivity index (χ1) is 14.0. The van der Waals surface area contributed by atoms with E-state index in [1.807, 2.05) is 42.5 Å². The number of aliphatic hydroxyl groups is 1. The summed E-state index contributed by atoms with van der Waals surface area (Å²) in [6, 6.07) is 20.8.